The number of amides is 1. The van der Waals surface area contributed by atoms with Crippen LogP contribution >= 0.6 is 0 Å². The third kappa shape index (κ3) is 5.11. The topological polar surface area (TPSA) is 116 Å². The van der Waals surface area contributed by atoms with E-state index in [0.717, 1.165) is 36.0 Å². The van der Waals surface area contributed by atoms with Gasteiger partial charge in [0, 0.05) is 23.4 Å². The number of nitro groups is 1. The van der Waals surface area contributed by atoms with Crippen LogP contribution in [0.2, 0.25) is 0 Å². The maximum atomic E-state index is 12.9. The summed E-state index contributed by atoms with van der Waals surface area (Å²) in [6.45, 7) is 4.06. The number of benzene rings is 3. The molecule has 0 saturated carbocycles. The normalized spacial score (nSPS) is 11.1. The average molecular weight is 496 g/mol. The summed E-state index contributed by atoms with van der Waals surface area (Å²) in [6.07, 6.45) is 3.37. The Morgan fingerprint density at radius 3 is 2.51 bits per heavy atom. The molecule has 3 aromatic carbocycles. The first-order chi connectivity index (χ1) is 17.9. The molecule has 0 aliphatic rings. The van der Waals surface area contributed by atoms with E-state index in [1.807, 2.05) is 25.1 Å². The minimum absolute atomic E-state index is 0.0516. The average Bonchev–Trinajstić information content (AvgIpc) is 3.56. The molecule has 0 unspecified atom stereocenters. The third-order valence-electron chi connectivity index (χ3n) is 6.13. The Balaban J connectivity index is 1.35. The molecule has 5 rings (SSSR count). The lowest BCUT2D eigenvalue weighted by Crippen LogP contribution is -2.11. The molecule has 0 radical (unpaired) electrons. The molecule has 5 aromatic rings. The second kappa shape index (κ2) is 10.1. The van der Waals surface area contributed by atoms with Crippen molar-refractivity contribution in [3.05, 3.63) is 99.8 Å². The first kappa shape index (κ1) is 23.9. The number of hydrogen-bond donors (Lipinski definition) is 1. The maximum Gasteiger partial charge on any atom is 0.291 e. The zero-order valence-electron chi connectivity index (χ0n) is 20.5. The number of fused-ring (bicyclic) bond motifs is 1. The summed E-state index contributed by atoms with van der Waals surface area (Å²) < 4.78 is 5.70. The number of nitrogens with zero attached hydrogens (tertiary/aromatic N) is 4. The van der Waals surface area contributed by atoms with Crippen LogP contribution in [-0.4, -0.2) is 25.8 Å². The highest BCUT2D eigenvalue weighted by atomic mass is 16.6. The van der Waals surface area contributed by atoms with Crippen molar-refractivity contribution < 1.29 is 14.1 Å². The molecule has 9 heteroatoms. The van der Waals surface area contributed by atoms with Gasteiger partial charge in [0.2, 0.25) is 0 Å². The summed E-state index contributed by atoms with van der Waals surface area (Å²) in [7, 11) is 0. The Bertz CT molecular complexity index is 1600. The van der Waals surface area contributed by atoms with E-state index in [4.69, 9.17) is 4.42 Å². The van der Waals surface area contributed by atoms with E-state index in [2.05, 4.69) is 34.6 Å². The molecule has 1 N–H and O–H groups in total. The van der Waals surface area contributed by atoms with E-state index in [9.17, 15) is 14.9 Å². The maximum absolute atomic E-state index is 12.9. The molecule has 2 heterocycles. The number of unbranched alkanes of at least 4 members (excludes halogenated alkanes) is 1. The fourth-order valence-corrected chi connectivity index (χ4v) is 4.07. The van der Waals surface area contributed by atoms with E-state index in [1.165, 1.54) is 23.8 Å². The van der Waals surface area contributed by atoms with E-state index >= 15 is 0 Å². The summed E-state index contributed by atoms with van der Waals surface area (Å²) in [5.41, 5.74) is 5.40. The van der Waals surface area contributed by atoms with Gasteiger partial charge < -0.3 is 9.73 Å². The minimum Gasteiger partial charge on any atom is -0.451 e. The lowest BCUT2D eigenvalue weighted by atomic mass is 10.1. The van der Waals surface area contributed by atoms with Crippen LogP contribution in [0.15, 0.2) is 77.2 Å². The number of anilines is 1. The van der Waals surface area contributed by atoms with Gasteiger partial charge in [-0.25, -0.2) is 0 Å². The Morgan fingerprint density at radius 1 is 1.03 bits per heavy atom. The first-order valence-corrected chi connectivity index (χ1v) is 12.0. The van der Waals surface area contributed by atoms with E-state index < -0.39 is 10.8 Å². The highest BCUT2D eigenvalue weighted by molar-refractivity contribution is 6.04. The largest absolute Gasteiger partial charge is 0.451 e. The van der Waals surface area contributed by atoms with Gasteiger partial charge in [-0.15, -0.1) is 10.2 Å². The number of rotatable bonds is 8. The van der Waals surface area contributed by atoms with Gasteiger partial charge in [-0.05, 0) is 67.3 Å². The molecule has 0 fully saturated rings. The number of nitrogens with one attached hydrogen (secondary N) is 1. The van der Waals surface area contributed by atoms with E-state index in [0.29, 0.717) is 22.5 Å². The highest BCUT2D eigenvalue weighted by Crippen LogP contribution is 2.27. The molecule has 9 nitrogen and oxygen atoms in total. The summed E-state index contributed by atoms with van der Waals surface area (Å²) in [5.74, 6) is 0.0201. The van der Waals surface area contributed by atoms with Crippen molar-refractivity contribution in [2.24, 2.45) is 0 Å². The third-order valence-corrected chi connectivity index (χ3v) is 6.13. The quantitative estimate of drug-likeness (QED) is 0.194. The zero-order chi connectivity index (χ0) is 25.9. The number of nitro benzene ring substituents is 1. The lowest BCUT2D eigenvalue weighted by molar-refractivity contribution is -0.384. The van der Waals surface area contributed by atoms with Gasteiger partial charge in [0.15, 0.2) is 5.76 Å². The molecule has 2 aromatic heterocycles. The fourth-order valence-electron chi connectivity index (χ4n) is 4.07. The van der Waals surface area contributed by atoms with Crippen molar-refractivity contribution in [2.75, 3.05) is 5.32 Å². The van der Waals surface area contributed by atoms with Crippen molar-refractivity contribution in [3.63, 3.8) is 0 Å². The van der Waals surface area contributed by atoms with Gasteiger partial charge in [-0.1, -0.05) is 37.6 Å². The van der Waals surface area contributed by atoms with Crippen LogP contribution in [0.25, 0.3) is 28.0 Å². The summed E-state index contributed by atoms with van der Waals surface area (Å²) in [4.78, 5) is 25.1. The molecule has 37 heavy (non-hydrogen) atoms. The van der Waals surface area contributed by atoms with Gasteiger partial charge in [0.25, 0.3) is 11.6 Å². The molecule has 0 spiro atoms. The zero-order valence-corrected chi connectivity index (χ0v) is 20.5. The molecule has 0 aliphatic heterocycles. The summed E-state index contributed by atoms with van der Waals surface area (Å²) in [6, 6.07) is 21.1. The van der Waals surface area contributed by atoms with Gasteiger partial charge in [-0.3, -0.25) is 14.9 Å². The summed E-state index contributed by atoms with van der Waals surface area (Å²) in [5, 5.41) is 23.1. The van der Waals surface area contributed by atoms with Crippen molar-refractivity contribution in [1.29, 1.82) is 0 Å². The minimum atomic E-state index is -0.474. The molecule has 0 saturated heterocycles. The number of aromatic nitrogens is 3. The van der Waals surface area contributed by atoms with E-state index in [-0.39, 0.29) is 11.4 Å². The van der Waals surface area contributed by atoms with Crippen molar-refractivity contribution in [3.8, 4) is 17.0 Å². The Labute approximate surface area is 212 Å². The van der Waals surface area contributed by atoms with Crippen LogP contribution in [0, 0.1) is 17.0 Å². The number of carbonyl (C=O) groups excluding carboxylic acids is 1. The standard InChI is InChI=1S/C28H25N5O4/c1-3-4-6-19-9-11-21(12-10-19)32-30-24-15-18(2)23(17-25(24)31-32)29-28(34)27-14-13-26(37-27)20-7-5-8-22(16-20)33(35)36/h5,7-17H,3-4,6H2,1-2H3,(H,29,34). The van der Waals surface area contributed by atoms with Crippen LogP contribution in [0.5, 0.6) is 0 Å². The Morgan fingerprint density at radius 2 is 1.78 bits per heavy atom. The fraction of sp³-hybridized carbons (Fsp3) is 0.179. The smallest absolute Gasteiger partial charge is 0.291 e. The molecular weight excluding hydrogens is 470 g/mol. The van der Waals surface area contributed by atoms with Gasteiger partial charge >= 0.3 is 0 Å². The van der Waals surface area contributed by atoms with Crippen LogP contribution < -0.4 is 5.32 Å². The van der Waals surface area contributed by atoms with Crippen molar-refractivity contribution >= 4 is 28.3 Å². The van der Waals surface area contributed by atoms with Gasteiger partial charge in [0.1, 0.15) is 16.8 Å². The Kier molecular flexibility index (Phi) is 6.51. The number of furan rings is 1. The highest BCUT2D eigenvalue weighted by Gasteiger charge is 2.16. The molecule has 0 aliphatic carbocycles. The number of non-ortho nitro benzene ring substituents is 1. The molecule has 0 bridgehead atoms. The SMILES string of the molecule is CCCCc1ccc(-n2nc3cc(C)c(NC(=O)c4ccc(-c5cccc([N+](=O)[O-])c5)o4)cc3n2)cc1. The van der Waals surface area contributed by atoms with Crippen molar-refractivity contribution in [2.45, 2.75) is 33.1 Å². The van der Waals surface area contributed by atoms with Gasteiger partial charge in [-0.2, -0.15) is 4.80 Å². The van der Waals surface area contributed by atoms with Crippen LogP contribution in [0.4, 0.5) is 11.4 Å². The first-order valence-electron chi connectivity index (χ1n) is 12.0. The van der Waals surface area contributed by atoms with Crippen molar-refractivity contribution in [1.82, 2.24) is 15.0 Å². The molecule has 0 atom stereocenters. The molecule has 1 amide bonds. The monoisotopic (exact) mass is 495 g/mol. The van der Waals surface area contributed by atoms with Crippen LogP contribution in [0.1, 0.15) is 41.4 Å². The predicted molar refractivity (Wildman–Crippen MR) is 141 cm³/mol. The predicted octanol–water partition coefficient (Wildman–Crippen LogP) is 6.49. The van der Waals surface area contributed by atoms with Crippen LogP contribution in [-0.2, 0) is 6.42 Å². The molecular formula is C28H25N5O4. The summed E-state index contributed by atoms with van der Waals surface area (Å²) >= 11 is 0. The van der Waals surface area contributed by atoms with Gasteiger partial charge in [0.05, 0.1) is 10.6 Å². The Hall–Kier alpha value is -4.79. The lowest BCUT2D eigenvalue weighted by Gasteiger charge is -2.06. The second-order valence-corrected chi connectivity index (χ2v) is 8.84. The number of aryl methyl sites for hydroxylation is 2. The molecule has 186 valence electrons. The number of carbonyl (C=O) groups is 1. The second-order valence-electron chi connectivity index (χ2n) is 8.84. The number of hydrogen-bond acceptors (Lipinski definition) is 6. The van der Waals surface area contributed by atoms with Crippen LogP contribution in [0.3, 0.4) is 0 Å². The van der Waals surface area contributed by atoms with E-state index in [1.54, 1.807) is 29.1 Å².